The van der Waals surface area contributed by atoms with Gasteiger partial charge in [0.2, 0.25) is 5.95 Å². The molecule has 1 aromatic rings. The first-order valence-electron chi connectivity index (χ1n) is 6.83. The molecular formula is C14H22N4O2. The van der Waals surface area contributed by atoms with Gasteiger partial charge in [-0.05, 0) is 26.3 Å². The Balaban J connectivity index is 1.94. The molecule has 2 atom stereocenters. The van der Waals surface area contributed by atoms with Crippen LogP contribution in [0.5, 0.6) is 0 Å². The predicted molar refractivity (Wildman–Crippen MR) is 78.5 cm³/mol. The molecule has 2 heterocycles. The van der Waals surface area contributed by atoms with Crippen LogP contribution in [0.3, 0.4) is 0 Å². The van der Waals surface area contributed by atoms with E-state index in [1.807, 2.05) is 0 Å². The first kappa shape index (κ1) is 14.7. The Morgan fingerprint density at radius 3 is 3.20 bits per heavy atom. The quantitative estimate of drug-likeness (QED) is 0.796. The number of hydrogen-bond donors (Lipinski definition) is 2. The summed E-state index contributed by atoms with van der Waals surface area (Å²) < 4.78 is 11.4. The highest BCUT2D eigenvalue weighted by Crippen LogP contribution is 2.16. The van der Waals surface area contributed by atoms with E-state index >= 15 is 0 Å². The van der Waals surface area contributed by atoms with Crippen LogP contribution in [-0.2, 0) is 9.47 Å². The third kappa shape index (κ3) is 4.47. The summed E-state index contributed by atoms with van der Waals surface area (Å²) in [6, 6.07) is 1.70. The van der Waals surface area contributed by atoms with Crippen molar-refractivity contribution in [3.63, 3.8) is 0 Å². The Bertz CT molecular complexity index is 460. The van der Waals surface area contributed by atoms with E-state index in [2.05, 4.69) is 35.2 Å². The van der Waals surface area contributed by atoms with E-state index in [9.17, 15) is 0 Å². The van der Waals surface area contributed by atoms with Gasteiger partial charge in [-0.3, -0.25) is 0 Å². The fourth-order valence-corrected chi connectivity index (χ4v) is 2.00. The molecule has 2 rings (SSSR count). The van der Waals surface area contributed by atoms with Gasteiger partial charge in [-0.1, -0.05) is 11.6 Å². The number of anilines is 2. The van der Waals surface area contributed by atoms with Gasteiger partial charge < -0.3 is 20.5 Å². The number of hydrogen-bond acceptors (Lipinski definition) is 6. The van der Waals surface area contributed by atoms with Crippen LogP contribution < -0.4 is 11.1 Å². The molecule has 6 heteroatoms. The molecule has 1 aliphatic rings. The van der Waals surface area contributed by atoms with Crippen molar-refractivity contribution in [2.75, 3.05) is 30.9 Å². The van der Waals surface area contributed by atoms with Crippen molar-refractivity contribution >= 4 is 11.8 Å². The molecule has 6 nitrogen and oxygen atoms in total. The Kier molecular flexibility index (Phi) is 5.31. The molecule has 1 aromatic heterocycles. The summed E-state index contributed by atoms with van der Waals surface area (Å²) in [5.74, 6) is 0.956. The van der Waals surface area contributed by atoms with Gasteiger partial charge in [-0.15, -0.1) is 0 Å². The number of allylic oxidation sites excluding steroid dienone is 1. The molecule has 110 valence electrons. The Hall–Kier alpha value is -1.66. The van der Waals surface area contributed by atoms with E-state index in [4.69, 9.17) is 15.2 Å². The molecule has 0 unspecified atom stereocenters. The molecule has 0 radical (unpaired) electrons. The summed E-state index contributed by atoms with van der Waals surface area (Å²) in [6.07, 6.45) is 4.65. The first-order valence-corrected chi connectivity index (χ1v) is 6.83. The van der Waals surface area contributed by atoms with Crippen LogP contribution in [0.2, 0.25) is 0 Å². The van der Waals surface area contributed by atoms with Crippen molar-refractivity contribution in [2.45, 2.75) is 32.4 Å². The van der Waals surface area contributed by atoms with E-state index in [1.54, 1.807) is 12.3 Å². The first-order chi connectivity index (χ1) is 9.65. The van der Waals surface area contributed by atoms with Crippen molar-refractivity contribution in [1.29, 1.82) is 0 Å². The molecular weight excluding hydrogens is 256 g/mol. The molecule has 0 aliphatic carbocycles. The standard InChI is InChI=1S/C14H22N4O2/c1-10(2)4-8-20-12-5-7-19-9-11(12)17-14-16-6-3-13(15)18-14/h3-4,6,11-12H,5,7-9H2,1-2H3,(H3,15,16,17,18)/t11-,12+/m1/s1. The summed E-state index contributed by atoms with van der Waals surface area (Å²) >= 11 is 0. The minimum absolute atomic E-state index is 0.0381. The van der Waals surface area contributed by atoms with Crippen LogP contribution in [0.15, 0.2) is 23.9 Å². The number of aromatic nitrogens is 2. The lowest BCUT2D eigenvalue weighted by atomic mass is 10.1. The second-order valence-corrected chi connectivity index (χ2v) is 5.07. The zero-order chi connectivity index (χ0) is 14.4. The van der Waals surface area contributed by atoms with Gasteiger partial charge in [0.15, 0.2) is 0 Å². The normalized spacial score (nSPS) is 22.3. The van der Waals surface area contributed by atoms with Gasteiger partial charge in [-0.2, -0.15) is 4.98 Å². The minimum atomic E-state index is 0.0381. The summed E-state index contributed by atoms with van der Waals surface area (Å²) in [5.41, 5.74) is 6.90. The topological polar surface area (TPSA) is 82.3 Å². The molecule has 0 spiro atoms. The summed E-state index contributed by atoms with van der Waals surface area (Å²) in [5, 5.41) is 3.24. The lowest BCUT2D eigenvalue weighted by Crippen LogP contribution is -2.44. The molecule has 1 aliphatic heterocycles. The molecule has 20 heavy (non-hydrogen) atoms. The predicted octanol–water partition coefficient (Wildman–Crippen LogP) is 1.61. The van der Waals surface area contributed by atoms with Gasteiger partial charge in [0, 0.05) is 12.8 Å². The number of nitrogens with one attached hydrogen (secondary N) is 1. The van der Waals surface area contributed by atoms with Crippen molar-refractivity contribution in [3.8, 4) is 0 Å². The number of ether oxygens (including phenoxy) is 2. The van der Waals surface area contributed by atoms with Crippen molar-refractivity contribution in [1.82, 2.24) is 9.97 Å². The van der Waals surface area contributed by atoms with Crippen LogP contribution in [-0.4, -0.2) is 41.9 Å². The number of nitrogens with two attached hydrogens (primary N) is 1. The second-order valence-electron chi connectivity index (χ2n) is 5.07. The van der Waals surface area contributed by atoms with Crippen LogP contribution >= 0.6 is 0 Å². The highest BCUT2D eigenvalue weighted by molar-refractivity contribution is 5.36. The fraction of sp³-hybridized carbons (Fsp3) is 0.571. The van der Waals surface area contributed by atoms with E-state index in [-0.39, 0.29) is 12.1 Å². The largest absolute Gasteiger partial charge is 0.384 e. The van der Waals surface area contributed by atoms with Crippen LogP contribution in [0.25, 0.3) is 0 Å². The minimum Gasteiger partial charge on any atom is -0.384 e. The Morgan fingerprint density at radius 1 is 1.60 bits per heavy atom. The van der Waals surface area contributed by atoms with Crippen molar-refractivity contribution in [3.05, 3.63) is 23.9 Å². The SMILES string of the molecule is CC(C)=CCO[C@H]1CCOC[C@H]1Nc1nccc(N)n1. The van der Waals surface area contributed by atoms with Gasteiger partial charge >= 0.3 is 0 Å². The highest BCUT2D eigenvalue weighted by Gasteiger charge is 2.26. The van der Waals surface area contributed by atoms with Gasteiger partial charge in [0.25, 0.3) is 0 Å². The summed E-state index contributed by atoms with van der Waals surface area (Å²) in [6.45, 7) is 6.03. The monoisotopic (exact) mass is 278 g/mol. The zero-order valence-electron chi connectivity index (χ0n) is 12.0. The maximum absolute atomic E-state index is 5.90. The van der Waals surface area contributed by atoms with E-state index in [0.29, 0.717) is 25.0 Å². The summed E-state index contributed by atoms with van der Waals surface area (Å²) in [7, 11) is 0. The lowest BCUT2D eigenvalue weighted by Gasteiger charge is -2.31. The number of rotatable bonds is 5. The van der Waals surface area contributed by atoms with Gasteiger partial charge in [0.1, 0.15) is 5.82 Å². The maximum Gasteiger partial charge on any atom is 0.224 e. The fourth-order valence-electron chi connectivity index (χ4n) is 2.00. The van der Waals surface area contributed by atoms with Crippen LogP contribution in [0, 0.1) is 0 Å². The van der Waals surface area contributed by atoms with E-state index in [0.717, 1.165) is 13.0 Å². The number of nitrogen functional groups attached to an aromatic ring is 1. The van der Waals surface area contributed by atoms with Crippen molar-refractivity contribution < 1.29 is 9.47 Å². The molecule has 0 aromatic carbocycles. The number of nitrogens with zero attached hydrogens (tertiary/aromatic N) is 2. The third-order valence-corrected chi connectivity index (χ3v) is 3.09. The Labute approximate surface area is 119 Å². The van der Waals surface area contributed by atoms with Crippen LogP contribution in [0.1, 0.15) is 20.3 Å². The third-order valence-electron chi connectivity index (χ3n) is 3.09. The average Bonchev–Trinajstić information content (AvgIpc) is 2.40. The Morgan fingerprint density at radius 2 is 2.45 bits per heavy atom. The highest BCUT2D eigenvalue weighted by atomic mass is 16.5. The van der Waals surface area contributed by atoms with Gasteiger partial charge in [0.05, 0.1) is 25.4 Å². The van der Waals surface area contributed by atoms with E-state index < -0.39 is 0 Å². The van der Waals surface area contributed by atoms with Crippen molar-refractivity contribution in [2.24, 2.45) is 0 Å². The van der Waals surface area contributed by atoms with Crippen LogP contribution in [0.4, 0.5) is 11.8 Å². The van der Waals surface area contributed by atoms with Gasteiger partial charge in [-0.25, -0.2) is 4.98 Å². The molecule has 0 saturated carbocycles. The molecule has 0 bridgehead atoms. The molecule has 0 amide bonds. The smallest absolute Gasteiger partial charge is 0.224 e. The molecule has 1 saturated heterocycles. The second kappa shape index (κ2) is 7.21. The summed E-state index contributed by atoms with van der Waals surface area (Å²) in [4.78, 5) is 8.29. The molecule has 3 N–H and O–H groups in total. The molecule has 1 fully saturated rings. The lowest BCUT2D eigenvalue weighted by molar-refractivity contribution is -0.0319. The zero-order valence-corrected chi connectivity index (χ0v) is 12.0. The van der Waals surface area contributed by atoms with E-state index in [1.165, 1.54) is 5.57 Å². The maximum atomic E-state index is 5.90. The average molecular weight is 278 g/mol.